The molecular formula is C15H22FNO2. The van der Waals surface area contributed by atoms with Gasteiger partial charge >= 0.3 is 0 Å². The largest absolute Gasteiger partial charge is 0.494 e. The van der Waals surface area contributed by atoms with Gasteiger partial charge in [-0.15, -0.1) is 0 Å². The molecule has 0 saturated carbocycles. The molecule has 3 nitrogen and oxygen atoms in total. The van der Waals surface area contributed by atoms with E-state index in [1.807, 2.05) is 13.8 Å². The van der Waals surface area contributed by atoms with Gasteiger partial charge in [0, 0.05) is 18.9 Å². The fourth-order valence-electron chi connectivity index (χ4n) is 2.11. The molecule has 1 unspecified atom stereocenters. The zero-order chi connectivity index (χ0) is 14.4. The van der Waals surface area contributed by atoms with Crippen molar-refractivity contribution in [2.45, 2.75) is 26.7 Å². The molecule has 2 N–H and O–H groups in total. The number of halogens is 1. The van der Waals surface area contributed by atoms with E-state index in [0.29, 0.717) is 18.0 Å². The maximum atomic E-state index is 14.0. The van der Waals surface area contributed by atoms with Crippen LogP contribution in [0.1, 0.15) is 25.8 Å². The predicted molar refractivity (Wildman–Crippen MR) is 73.7 cm³/mol. The van der Waals surface area contributed by atoms with Crippen LogP contribution in [0.4, 0.5) is 4.39 Å². The van der Waals surface area contributed by atoms with Crippen LogP contribution in [0.15, 0.2) is 18.2 Å². The van der Waals surface area contributed by atoms with Crippen molar-refractivity contribution in [2.24, 2.45) is 17.6 Å². The molecule has 106 valence electrons. The predicted octanol–water partition coefficient (Wildman–Crippen LogP) is 2.57. The van der Waals surface area contributed by atoms with E-state index in [1.54, 1.807) is 12.1 Å². The summed E-state index contributed by atoms with van der Waals surface area (Å²) >= 11 is 0. The van der Waals surface area contributed by atoms with Gasteiger partial charge in [0.2, 0.25) is 0 Å². The smallest absolute Gasteiger partial charge is 0.168 e. The number of methoxy groups -OCH3 is 1. The zero-order valence-corrected chi connectivity index (χ0v) is 11.8. The van der Waals surface area contributed by atoms with Gasteiger partial charge in [-0.25, -0.2) is 4.39 Å². The SMILES string of the molecule is COc1cccc(CC(=O)C(CN)CC(C)C)c1F. The van der Waals surface area contributed by atoms with Crippen LogP contribution in [0.3, 0.4) is 0 Å². The Balaban J connectivity index is 2.81. The Bertz CT molecular complexity index is 432. The lowest BCUT2D eigenvalue weighted by molar-refractivity contribution is -0.122. The van der Waals surface area contributed by atoms with Gasteiger partial charge in [-0.1, -0.05) is 26.0 Å². The highest BCUT2D eigenvalue weighted by Crippen LogP contribution is 2.22. The highest BCUT2D eigenvalue weighted by molar-refractivity contribution is 5.83. The molecule has 0 saturated heterocycles. The van der Waals surface area contributed by atoms with E-state index in [0.717, 1.165) is 6.42 Å². The van der Waals surface area contributed by atoms with Gasteiger partial charge in [0.15, 0.2) is 11.6 Å². The van der Waals surface area contributed by atoms with Gasteiger partial charge in [-0.05, 0) is 24.0 Å². The number of ketones is 1. The van der Waals surface area contributed by atoms with E-state index >= 15 is 0 Å². The highest BCUT2D eigenvalue weighted by Gasteiger charge is 2.20. The number of rotatable bonds is 7. The number of carbonyl (C=O) groups excluding carboxylic acids is 1. The van der Waals surface area contributed by atoms with Crippen molar-refractivity contribution in [3.05, 3.63) is 29.6 Å². The minimum atomic E-state index is -0.460. The third kappa shape index (κ3) is 4.31. The van der Waals surface area contributed by atoms with Gasteiger partial charge in [0.25, 0.3) is 0 Å². The number of hydrogen-bond donors (Lipinski definition) is 1. The summed E-state index contributed by atoms with van der Waals surface area (Å²) in [6.07, 6.45) is 0.804. The molecule has 0 bridgehead atoms. The molecule has 4 heteroatoms. The number of Topliss-reactive ketones (excluding diaryl/α,β-unsaturated/α-hetero) is 1. The van der Waals surface area contributed by atoms with E-state index in [9.17, 15) is 9.18 Å². The summed E-state index contributed by atoms with van der Waals surface area (Å²) in [4.78, 5) is 12.1. The standard InChI is InChI=1S/C15H22FNO2/c1-10(2)7-12(9-17)13(18)8-11-5-4-6-14(19-3)15(11)16/h4-6,10,12H,7-9,17H2,1-3H3. The molecule has 0 amide bonds. The fraction of sp³-hybridized carbons (Fsp3) is 0.533. The molecule has 0 aromatic heterocycles. The van der Waals surface area contributed by atoms with Crippen molar-refractivity contribution in [1.82, 2.24) is 0 Å². The van der Waals surface area contributed by atoms with Crippen molar-refractivity contribution in [1.29, 1.82) is 0 Å². The average molecular weight is 267 g/mol. The summed E-state index contributed by atoms with van der Waals surface area (Å²) in [5, 5.41) is 0. The van der Waals surface area contributed by atoms with E-state index < -0.39 is 5.82 Å². The summed E-state index contributed by atoms with van der Waals surface area (Å²) in [5.41, 5.74) is 6.00. The molecule has 0 aliphatic carbocycles. The first-order valence-corrected chi connectivity index (χ1v) is 6.53. The lowest BCUT2D eigenvalue weighted by Crippen LogP contribution is -2.26. The number of nitrogens with two attached hydrogens (primary N) is 1. The van der Waals surface area contributed by atoms with Crippen molar-refractivity contribution in [2.75, 3.05) is 13.7 Å². The minimum Gasteiger partial charge on any atom is -0.494 e. The van der Waals surface area contributed by atoms with Gasteiger partial charge in [0.05, 0.1) is 7.11 Å². The summed E-state index contributed by atoms with van der Waals surface area (Å²) in [6, 6.07) is 4.83. The monoisotopic (exact) mass is 267 g/mol. The Morgan fingerprint density at radius 1 is 1.42 bits per heavy atom. The number of benzene rings is 1. The summed E-state index contributed by atoms with van der Waals surface area (Å²) < 4.78 is 18.9. The normalized spacial score (nSPS) is 12.5. The molecule has 0 radical (unpaired) electrons. The Morgan fingerprint density at radius 3 is 2.63 bits per heavy atom. The third-order valence-electron chi connectivity index (χ3n) is 3.12. The molecule has 0 heterocycles. The summed E-state index contributed by atoms with van der Waals surface area (Å²) in [5.74, 6) is -0.112. The molecule has 1 atom stereocenters. The van der Waals surface area contributed by atoms with Gasteiger partial charge in [0.1, 0.15) is 5.78 Å². The van der Waals surface area contributed by atoms with E-state index in [-0.39, 0.29) is 23.9 Å². The second kappa shape index (κ2) is 7.24. The topological polar surface area (TPSA) is 52.3 Å². The first-order valence-electron chi connectivity index (χ1n) is 6.53. The average Bonchev–Trinajstić information content (AvgIpc) is 2.38. The lowest BCUT2D eigenvalue weighted by Gasteiger charge is -2.16. The van der Waals surface area contributed by atoms with Crippen LogP contribution in [0.2, 0.25) is 0 Å². The van der Waals surface area contributed by atoms with Crippen LogP contribution < -0.4 is 10.5 Å². The van der Waals surface area contributed by atoms with Crippen LogP contribution in [0.5, 0.6) is 5.75 Å². The molecule has 1 rings (SSSR count). The first-order chi connectivity index (χ1) is 8.99. The van der Waals surface area contributed by atoms with Crippen molar-refractivity contribution < 1.29 is 13.9 Å². The highest BCUT2D eigenvalue weighted by atomic mass is 19.1. The fourth-order valence-corrected chi connectivity index (χ4v) is 2.11. The molecule has 0 spiro atoms. The Hall–Kier alpha value is -1.42. The molecule has 0 fully saturated rings. The summed E-state index contributed by atoms with van der Waals surface area (Å²) in [6.45, 7) is 4.40. The van der Waals surface area contributed by atoms with Crippen molar-refractivity contribution >= 4 is 5.78 Å². The van der Waals surface area contributed by atoms with E-state index in [2.05, 4.69) is 0 Å². The van der Waals surface area contributed by atoms with Gasteiger partial charge < -0.3 is 10.5 Å². The van der Waals surface area contributed by atoms with E-state index in [1.165, 1.54) is 13.2 Å². The molecule has 0 aliphatic heterocycles. The van der Waals surface area contributed by atoms with E-state index in [4.69, 9.17) is 10.5 Å². The number of hydrogen-bond acceptors (Lipinski definition) is 3. The van der Waals surface area contributed by atoms with Crippen LogP contribution in [0.25, 0.3) is 0 Å². The zero-order valence-electron chi connectivity index (χ0n) is 11.8. The second-order valence-electron chi connectivity index (χ2n) is 5.14. The van der Waals surface area contributed by atoms with Gasteiger partial charge in [-0.2, -0.15) is 0 Å². The van der Waals surface area contributed by atoms with Crippen molar-refractivity contribution in [3.63, 3.8) is 0 Å². The van der Waals surface area contributed by atoms with Crippen LogP contribution in [0, 0.1) is 17.7 Å². The second-order valence-corrected chi connectivity index (χ2v) is 5.14. The molecule has 19 heavy (non-hydrogen) atoms. The maximum Gasteiger partial charge on any atom is 0.168 e. The molecule has 1 aromatic carbocycles. The summed E-state index contributed by atoms with van der Waals surface area (Å²) in [7, 11) is 1.41. The quantitative estimate of drug-likeness (QED) is 0.826. The third-order valence-corrected chi connectivity index (χ3v) is 3.12. The number of ether oxygens (including phenoxy) is 1. The Labute approximate surface area is 113 Å². The Morgan fingerprint density at radius 2 is 2.11 bits per heavy atom. The van der Waals surface area contributed by atoms with Crippen LogP contribution in [-0.2, 0) is 11.2 Å². The molecule has 0 aliphatic rings. The molecular weight excluding hydrogens is 245 g/mol. The van der Waals surface area contributed by atoms with Crippen LogP contribution in [-0.4, -0.2) is 19.4 Å². The minimum absolute atomic E-state index is 0.0108. The lowest BCUT2D eigenvalue weighted by atomic mass is 9.90. The van der Waals surface area contributed by atoms with Gasteiger partial charge in [-0.3, -0.25) is 4.79 Å². The number of carbonyl (C=O) groups is 1. The maximum absolute atomic E-state index is 14.0. The Kier molecular flexibility index (Phi) is 5.96. The van der Waals surface area contributed by atoms with Crippen LogP contribution >= 0.6 is 0 Å². The molecule has 1 aromatic rings. The first kappa shape index (κ1) is 15.6. The van der Waals surface area contributed by atoms with Crippen molar-refractivity contribution in [3.8, 4) is 5.75 Å².